The van der Waals surface area contributed by atoms with Crippen molar-refractivity contribution < 1.29 is 12.8 Å². The number of halogens is 2. The van der Waals surface area contributed by atoms with E-state index in [0.717, 1.165) is 11.1 Å². The molecular weight excluding hydrogens is 499 g/mol. The number of hydrogen-bond acceptors (Lipinski definition) is 7. The molecule has 0 saturated carbocycles. The number of rotatable bonds is 3. The average molecular weight is 517 g/mol. The Balaban J connectivity index is 1.54. The van der Waals surface area contributed by atoms with Crippen molar-refractivity contribution in [1.82, 2.24) is 19.6 Å². The van der Waals surface area contributed by atoms with Crippen molar-refractivity contribution in [2.45, 2.75) is 0 Å². The standard InChI is InChI=1S/C21H18BrFN6O2S/c22-18-19(24)29-20(27-21(18)28-6-8-32(30,31)9-7-28)16(12-26-29)14-4-5-17(25-11-14)13-2-1-3-15(23)10-13/h1-5,10-12H,6-9,24H2. The highest BCUT2D eigenvalue weighted by Gasteiger charge is 2.26. The number of nitrogen functional groups attached to an aromatic ring is 1. The van der Waals surface area contributed by atoms with Gasteiger partial charge in [-0.15, -0.1) is 0 Å². The molecule has 0 amide bonds. The van der Waals surface area contributed by atoms with Gasteiger partial charge in [-0.05, 0) is 34.1 Å². The van der Waals surface area contributed by atoms with E-state index in [1.807, 2.05) is 17.0 Å². The number of nitrogens with zero attached hydrogens (tertiary/aromatic N) is 5. The molecule has 1 fully saturated rings. The zero-order chi connectivity index (χ0) is 22.5. The molecule has 1 aliphatic heterocycles. The van der Waals surface area contributed by atoms with Gasteiger partial charge in [0, 0.05) is 36.0 Å². The SMILES string of the molecule is Nc1c(Br)c(N2CCS(=O)(=O)CC2)nc2c(-c3ccc(-c4cccc(F)c4)nc3)cnn12. The van der Waals surface area contributed by atoms with Crippen LogP contribution in [0.1, 0.15) is 0 Å². The van der Waals surface area contributed by atoms with E-state index in [2.05, 4.69) is 26.0 Å². The second-order valence-corrected chi connectivity index (χ2v) is 10.6. The summed E-state index contributed by atoms with van der Waals surface area (Å²) >= 11 is 3.49. The van der Waals surface area contributed by atoms with Crippen LogP contribution in [-0.2, 0) is 9.84 Å². The van der Waals surface area contributed by atoms with Crippen LogP contribution in [0.25, 0.3) is 28.0 Å². The summed E-state index contributed by atoms with van der Waals surface area (Å²) < 4.78 is 39.3. The summed E-state index contributed by atoms with van der Waals surface area (Å²) in [5.41, 5.74) is 9.68. The van der Waals surface area contributed by atoms with Crippen LogP contribution in [0.4, 0.5) is 16.0 Å². The Bertz CT molecular complexity index is 1420. The van der Waals surface area contributed by atoms with Crippen LogP contribution in [-0.4, -0.2) is 52.6 Å². The molecule has 8 nitrogen and oxygen atoms in total. The van der Waals surface area contributed by atoms with E-state index in [1.54, 1.807) is 24.5 Å². The minimum Gasteiger partial charge on any atom is -0.383 e. The van der Waals surface area contributed by atoms with Crippen molar-refractivity contribution in [2.24, 2.45) is 0 Å². The molecule has 3 aromatic heterocycles. The predicted molar refractivity (Wildman–Crippen MR) is 125 cm³/mol. The lowest BCUT2D eigenvalue weighted by molar-refractivity contribution is 0.586. The van der Waals surface area contributed by atoms with Crippen molar-refractivity contribution in [2.75, 3.05) is 35.2 Å². The van der Waals surface area contributed by atoms with Crippen LogP contribution in [0, 0.1) is 5.82 Å². The number of benzene rings is 1. The Labute approximate surface area is 192 Å². The first-order valence-corrected chi connectivity index (χ1v) is 12.4. The molecule has 0 spiro atoms. The number of fused-ring (bicyclic) bond motifs is 1. The van der Waals surface area contributed by atoms with E-state index in [1.165, 1.54) is 16.6 Å². The van der Waals surface area contributed by atoms with Crippen LogP contribution in [0.15, 0.2) is 53.3 Å². The fourth-order valence-electron chi connectivity index (χ4n) is 3.69. The molecule has 2 N–H and O–H groups in total. The van der Waals surface area contributed by atoms with Crippen molar-refractivity contribution >= 4 is 43.1 Å². The first-order valence-electron chi connectivity index (χ1n) is 9.83. The number of pyridine rings is 1. The maximum Gasteiger partial charge on any atom is 0.167 e. The summed E-state index contributed by atoms with van der Waals surface area (Å²) in [7, 11) is -3.02. The summed E-state index contributed by atoms with van der Waals surface area (Å²) in [5.74, 6) is 0.775. The van der Waals surface area contributed by atoms with Crippen LogP contribution in [0.2, 0.25) is 0 Å². The van der Waals surface area contributed by atoms with E-state index >= 15 is 0 Å². The van der Waals surface area contributed by atoms with Crippen LogP contribution in [0.3, 0.4) is 0 Å². The molecule has 1 saturated heterocycles. The van der Waals surface area contributed by atoms with Gasteiger partial charge in [0.25, 0.3) is 0 Å². The lowest BCUT2D eigenvalue weighted by Crippen LogP contribution is -2.41. The van der Waals surface area contributed by atoms with Gasteiger partial charge in [-0.3, -0.25) is 4.98 Å². The molecule has 4 heterocycles. The molecule has 0 unspecified atom stereocenters. The molecule has 0 radical (unpaired) electrons. The number of anilines is 2. The van der Waals surface area contributed by atoms with Gasteiger partial charge in [0.2, 0.25) is 0 Å². The number of aromatic nitrogens is 4. The molecule has 32 heavy (non-hydrogen) atoms. The molecule has 11 heteroatoms. The fourth-order valence-corrected chi connectivity index (χ4v) is 5.40. The van der Waals surface area contributed by atoms with Gasteiger partial charge >= 0.3 is 0 Å². The zero-order valence-electron chi connectivity index (χ0n) is 16.7. The zero-order valence-corrected chi connectivity index (χ0v) is 19.1. The molecule has 0 bridgehead atoms. The Morgan fingerprint density at radius 3 is 2.53 bits per heavy atom. The third-order valence-corrected chi connectivity index (χ3v) is 7.81. The van der Waals surface area contributed by atoms with Gasteiger partial charge in [0.1, 0.15) is 21.9 Å². The first-order chi connectivity index (χ1) is 15.3. The highest BCUT2D eigenvalue weighted by molar-refractivity contribution is 9.10. The maximum absolute atomic E-state index is 13.5. The summed E-state index contributed by atoms with van der Waals surface area (Å²) in [6.07, 6.45) is 3.35. The lowest BCUT2D eigenvalue weighted by Gasteiger charge is -2.28. The van der Waals surface area contributed by atoms with E-state index in [0.29, 0.717) is 46.1 Å². The topological polar surface area (TPSA) is 106 Å². The van der Waals surface area contributed by atoms with Gasteiger partial charge in [-0.25, -0.2) is 17.8 Å². The first kappa shape index (κ1) is 20.8. The van der Waals surface area contributed by atoms with Gasteiger partial charge in [0.15, 0.2) is 15.5 Å². The molecule has 4 aromatic rings. The smallest absolute Gasteiger partial charge is 0.167 e. The van der Waals surface area contributed by atoms with Crippen LogP contribution < -0.4 is 10.6 Å². The van der Waals surface area contributed by atoms with Gasteiger partial charge < -0.3 is 10.6 Å². The largest absolute Gasteiger partial charge is 0.383 e. The Hall–Kier alpha value is -3.05. The Morgan fingerprint density at radius 1 is 1.06 bits per heavy atom. The fraction of sp³-hybridized carbons (Fsp3) is 0.190. The molecule has 1 aliphatic rings. The van der Waals surface area contributed by atoms with E-state index in [9.17, 15) is 12.8 Å². The lowest BCUT2D eigenvalue weighted by atomic mass is 10.1. The van der Waals surface area contributed by atoms with Crippen molar-refractivity contribution in [3.63, 3.8) is 0 Å². The molecule has 164 valence electrons. The monoisotopic (exact) mass is 516 g/mol. The highest BCUT2D eigenvalue weighted by atomic mass is 79.9. The number of nitrogens with two attached hydrogens (primary N) is 1. The minimum atomic E-state index is -3.02. The second kappa shape index (κ2) is 7.82. The van der Waals surface area contributed by atoms with Gasteiger partial charge in [-0.1, -0.05) is 18.2 Å². The highest BCUT2D eigenvalue weighted by Crippen LogP contribution is 2.34. The minimum absolute atomic E-state index is 0.0732. The average Bonchev–Trinajstić information content (AvgIpc) is 3.21. The van der Waals surface area contributed by atoms with E-state index in [-0.39, 0.29) is 17.3 Å². The summed E-state index contributed by atoms with van der Waals surface area (Å²) in [5, 5.41) is 4.36. The van der Waals surface area contributed by atoms with Crippen molar-refractivity contribution in [3.05, 3.63) is 59.1 Å². The molecule has 1 aromatic carbocycles. The van der Waals surface area contributed by atoms with E-state index < -0.39 is 9.84 Å². The van der Waals surface area contributed by atoms with Crippen LogP contribution >= 0.6 is 15.9 Å². The molecule has 5 rings (SSSR count). The predicted octanol–water partition coefficient (Wildman–Crippen LogP) is 3.18. The van der Waals surface area contributed by atoms with Crippen LogP contribution in [0.5, 0.6) is 0 Å². The Kier molecular flexibility index (Phi) is 5.09. The molecular formula is C21H18BrFN6O2S. The van der Waals surface area contributed by atoms with Gasteiger partial charge in [0.05, 0.1) is 23.4 Å². The maximum atomic E-state index is 13.5. The summed E-state index contributed by atoms with van der Waals surface area (Å²) in [6.45, 7) is 0.688. The number of hydrogen-bond donors (Lipinski definition) is 1. The normalized spacial score (nSPS) is 15.9. The summed E-state index contributed by atoms with van der Waals surface area (Å²) in [6, 6.07) is 9.95. The molecule has 0 atom stereocenters. The summed E-state index contributed by atoms with van der Waals surface area (Å²) in [4.78, 5) is 11.1. The van der Waals surface area contributed by atoms with Crippen molar-refractivity contribution in [3.8, 4) is 22.4 Å². The Morgan fingerprint density at radius 2 is 1.84 bits per heavy atom. The second-order valence-electron chi connectivity index (χ2n) is 7.51. The third-order valence-electron chi connectivity index (χ3n) is 5.44. The van der Waals surface area contributed by atoms with Crippen molar-refractivity contribution in [1.29, 1.82) is 0 Å². The molecule has 0 aliphatic carbocycles. The third kappa shape index (κ3) is 3.71. The number of sulfone groups is 1. The quantitative estimate of drug-likeness (QED) is 0.445. The van der Waals surface area contributed by atoms with E-state index in [4.69, 9.17) is 10.7 Å². The van der Waals surface area contributed by atoms with Gasteiger partial charge in [-0.2, -0.15) is 9.61 Å².